The highest BCUT2D eigenvalue weighted by Crippen LogP contribution is 2.28. The number of amides is 1. The third-order valence-electron chi connectivity index (χ3n) is 4.74. The molecule has 130 valence electrons. The fourth-order valence-electron chi connectivity index (χ4n) is 3.35. The number of aromatic nitrogens is 1. The SMILES string of the molecule is CCc1cc(C(=O)N2CCCC(c3cccc(C(=O)O)c3)C2)ccn1. The molecule has 0 aliphatic carbocycles. The van der Waals surface area contributed by atoms with E-state index in [0.29, 0.717) is 17.7 Å². The van der Waals surface area contributed by atoms with Gasteiger partial charge in [-0.1, -0.05) is 19.1 Å². The van der Waals surface area contributed by atoms with Gasteiger partial charge in [0.25, 0.3) is 5.91 Å². The summed E-state index contributed by atoms with van der Waals surface area (Å²) in [5, 5.41) is 9.18. The van der Waals surface area contributed by atoms with E-state index in [2.05, 4.69) is 4.98 Å². The van der Waals surface area contributed by atoms with Gasteiger partial charge < -0.3 is 10.0 Å². The number of aryl methyl sites for hydroxylation is 1. The van der Waals surface area contributed by atoms with Crippen molar-refractivity contribution < 1.29 is 14.7 Å². The monoisotopic (exact) mass is 338 g/mol. The van der Waals surface area contributed by atoms with Crippen LogP contribution in [0.1, 0.15) is 57.7 Å². The zero-order valence-electron chi connectivity index (χ0n) is 14.3. The van der Waals surface area contributed by atoms with Crippen LogP contribution in [0, 0.1) is 0 Å². The van der Waals surface area contributed by atoms with Crippen molar-refractivity contribution >= 4 is 11.9 Å². The number of hydrogen-bond donors (Lipinski definition) is 1. The fourth-order valence-corrected chi connectivity index (χ4v) is 3.35. The van der Waals surface area contributed by atoms with Crippen LogP contribution in [0.3, 0.4) is 0 Å². The Bertz CT molecular complexity index is 788. The minimum Gasteiger partial charge on any atom is -0.478 e. The summed E-state index contributed by atoms with van der Waals surface area (Å²) in [6, 6.07) is 10.7. The van der Waals surface area contributed by atoms with Crippen LogP contribution in [-0.4, -0.2) is 40.0 Å². The Hall–Kier alpha value is -2.69. The third kappa shape index (κ3) is 3.87. The van der Waals surface area contributed by atoms with E-state index in [1.165, 1.54) is 0 Å². The van der Waals surface area contributed by atoms with E-state index in [4.69, 9.17) is 0 Å². The fraction of sp³-hybridized carbons (Fsp3) is 0.350. The molecule has 0 saturated carbocycles. The Morgan fingerprint density at radius 3 is 2.84 bits per heavy atom. The van der Waals surface area contributed by atoms with Crippen LogP contribution in [0.25, 0.3) is 0 Å². The summed E-state index contributed by atoms with van der Waals surface area (Å²) in [7, 11) is 0. The first-order valence-corrected chi connectivity index (χ1v) is 8.66. The second-order valence-electron chi connectivity index (χ2n) is 6.41. The largest absolute Gasteiger partial charge is 0.478 e. The number of carboxylic acids is 1. The highest BCUT2D eigenvalue weighted by atomic mass is 16.4. The van der Waals surface area contributed by atoms with E-state index < -0.39 is 5.97 Å². The van der Waals surface area contributed by atoms with Gasteiger partial charge >= 0.3 is 5.97 Å². The minimum absolute atomic E-state index is 0.0242. The predicted molar refractivity (Wildman–Crippen MR) is 94.9 cm³/mol. The normalized spacial score (nSPS) is 17.3. The molecule has 2 aromatic rings. The van der Waals surface area contributed by atoms with Gasteiger partial charge in [-0.2, -0.15) is 0 Å². The second kappa shape index (κ2) is 7.47. The number of aromatic carboxylic acids is 1. The summed E-state index contributed by atoms with van der Waals surface area (Å²) >= 11 is 0. The maximum Gasteiger partial charge on any atom is 0.335 e. The van der Waals surface area contributed by atoms with Crippen LogP contribution in [0.15, 0.2) is 42.6 Å². The number of hydrogen-bond acceptors (Lipinski definition) is 3. The molecule has 1 fully saturated rings. The van der Waals surface area contributed by atoms with E-state index in [1.54, 1.807) is 30.5 Å². The topological polar surface area (TPSA) is 70.5 Å². The molecule has 0 radical (unpaired) electrons. The highest BCUT2D eigenvalue weighted by molar-refractivity contribution is 5.94. The van der Waals surface area contributed by atoms with Gasteiger partial charge in [0.2, 0.25) is 0 Å². The van der Waals surface area contributed by atoms with Crippen molar-refractivity contribution in [2.24, 2.45) is 0 Å². The molecule has 2 heterocycles. The number of rotatable bonds is 4. The molecule has 1 saturated heterocycles. The van der Waals surface area contributed by atoms with Crippen LogP contribution >= 0.6 is 0 Å². The molecule has 1 aromatic heterocycles. The maximum absolute atomic E-state index is 12.8. The number of pyridine rings is 1. The molecule has 1 aromatic carbocycles. The Morgan fingerprint density at radius 2 is 2.08 bits per heavy atom. The minimum atomic E-state index is -0.922. The smallest absolute Gasteiger partial charge is 0.335 e. The number of nitrogens with zero attached hydrogens (tertiary/aromatic N) is 2. The number of carbonyl (C=O) groups excluding carboxylic acids is 1. The summed E-state index contributed by atoms with van der Waals surface area (Å²) in [4.78, 5) is 30.1. The molecule has 1 unspecified atom stereocenters. The molecule has 5 nitrogen and oxygen atoms in total. The lowest BCUT2D eigenvalue weighted by atomic mass is 9.89. The standard InChI is InChI=1S/C20H22N2O3/c1-2-18-12-15(8-9-21-18)19(23)22-10-4-7-17(13-22)14-5-3-6-16(11-14)20(24)25/h3,5-6,8-9,11-12,17H,2,4,7,10,13H2,1H3,(H,24,25). The average Bonchev–Trinajstić information content (AvgIpc) is 2.67. The molecule has 1 atom stereocenters. The van der Waals surface area contributed by atoms with E-state index in [0.717, 1.165) is 37.1 Å². The lowest BCUT2D eigenvalue weighted by Crippen LogP contribution is -2.39. The highest BCUT2D eigenvalue weighted by Gasteiger charge is 2.26. The number of carbonyl (C=O) groups is 2. The summed E-state index contributed by atoms with van der Waals surface area (Å²) < 4.78 is 0. The third-order valence-corrected chi connectivity index (χ3v) is 4.74. The molecular formula is C20H22N2O3. The number of likely N-dealkylation sites (tertiary alicyclic amines) is 1. The van der Waals surface area contributed by atoms with Crippen molar-refractivity contribution in [2.45, 2.75) is 32.1 Å². The first kappa shape index (κ1) is 17.1. The quantitative estimate of drug-likeness (QED) is 0.928. The van der Waals surface area contributed by atoms with Crippen molar-refractivity contribution in [3.8, 4) is 0 Å². The predicted octanol–water partition coefficient (Wildman–Crippen LogP) is 3.36. The van der Waals surface area contributed by atoms with E-state index >= 15 is 0 Å². The Morgan fingerprint density at radius 1 is 1.24 bits per heavy atom. The molecule has 0 spiro atoms. The van der Waals surface area contributed by atoms with Crippen molar-refractivity contribution in [3.05, 3.63) is 65.0 Å². The molecule has 1 N–H and O–H groups in total. The van der Waals surface area contributed by atoms with Crippen LogP contribution in [-0.2, 0) is 6.42 Å². The Kier molecular flexibility index (Phi) is 5.12. The molecule has 3 rings (SSSR count). The summed E-state index contributed by atoms with van der Waals surface area (Å²) in [6.07, 6.45) is 4.36. The van der Waals surface area contributed by atoms with Gasteiger partial charge in [-0.3, -0.25) is 9.78 Å². The number of piperidine rings is 1. The average molecular weight is 338 g/mol. The van der Waals surface area contributed by atoms with Gasteiger partial charge in [0.15, 0.2) is 0 Å². The van der Waals surface area contributed by atoms with Crippen LogP contribution in [0.4, 0.5) is 0 Å². The first-order chi connectivity index (χ1) is 12.1. The Balaban J connectivity index is 1.77. The molecule has 1 aliphatic rings. The molecule has 1 amide bonds. The van der Waals surface area contributed by atoms with Crippen LogP contribution in [0.5, 0.6) is 0 Å². The maximum atomic E-state index is 12.8. The summed E-state index contributed by atoms with van der Waals surface area (Å²) in [5.74, 6) is -0.727. The van der Waals surface area contributed by atoms with Gasteiger partial charge in [-0.05, 0) is 49.1 Å². The molecule has 25 heavy (non-hydrogen) atoms. The molecule has 1 aliphatic heterocycles. The lowest BCUT2D eigenvalue weighted by molar-refractivity contribution is 0.0687. The molecular weight excluding hydrogens is 316 g/mol. The van der Waals surface area contributed by atoms with Gasteiger partial charge in [0.1, 0.15) is 0 Å². The zero-order chi connectivity index (χ0) is 17.8. The van der Waals surface area contributed by atoms with E-state index in [9.17, 15) is 14.7 Å². The van der Waals surface area contributed by atoms with Crippen LogP contribution < -0.4 is 0 Å². The Labute approximate surface area is 147 Å². The van der Waals surface area contributed by atoms with Gasteiger partial charge in [-0.15, -0.1) is 0 Å². The van der Waals surface area contributed by atoms with Crippen LogP contribution in [0.2, 0.25) is 0 Å². The number of benzene rings is 1. The summed E-state index contributed by atoms with van der Waals surface area (Å²) in [6.45, 7) is 3.37. The first-order valence-electron chi connectivity index (χ1n) is 8.66. The lowest BCUT2D eigenvalue weighted by Gasteiger charge is -2.33. The molecule has 0 bridgehead atoms. The van der Waals surface area contributed by atoms with Crippen molar-refractivity contribution in [3.63, 3.8) is 0 Å². The molecule has 5 heteroatoms. The van der Waals surface area contributed by atoms with Crippen molar-refractivity contribution in [1.29, 1.82) is 0 Å². The van der Waals surface area contributed by atoms with E-state index in [-0.39, 0.29) is 11.8 Å². The van der Waals surface area contributed by atoms with Gasteiger partial charge in [0.05, 0.1) is 5.56 Å². The van der Waals surface area contributed by atoms with Crippen molar-refractivity contribution in [2.75, 3.05) is 13.1 Å². The van der Waals surface area contributed by atoms with Crippen molar-refractivity contribution in [1.82, 2.24) is 9.88 Å². The van der Waals surface area contributed by atoms with E-state index in [1.807, 2.05) is 24.0 Å². The summed E-state index contributed by atoms with van der Waals surface area (Å²) in [5.41, 5.74) is 2.87. The van der Waals surface area contributed by atoms with Gasteiger partial charge in [-0.25, -0.2) is 4.79 Å². The van der Waals surface area contributed by atoms with Gasteiger partial charge in [0, 0.05) is 36.5 Å². The zero-order valence-corrected chi connectivity index (χ0v) is 14.3. The second-order valence-corrected chi connectivity index (χ2v) is 6.41. The number of carboxylic acid groups (broad SMARTS) is 1.